The minimum Gasteiger partial charge on any atom is -0.507 e. The van der Waals surface area contributed by atoms with E-state index >= 15 is 0 Å². The van der Waals surface area contributed by atoms with Crippen LogP contribution in [0.5, 0.6) is 11.5 Å². The summed E-state index contributed by atoms with van der Waals surface area (Å²) in [6.07, 6.45) is 5.08. The van der Waals surface area contributed by atoms with Crippen LogP contribution in [0.25, 0.3) is 6.08 Å². The molecule has 1 aliphatic rings. The number of rotatable bonds is 3. The Morgan fingerprint density at radius 3 is 2.60 bits per heavy atom. The van der Waals surface area contributed by atoms with Gasteiger partial charge in [-0.25, -0.2) is 0 Å². The second-order valence-corrected chi connectivity index (χ2v) is 5.10. The van der Waals surface area contributed by atoms with Gasteiger partial charge in [-0.05, 0) is 44.4 Å². The summed E-state index contributed by atoms with van der Waals surface area (Å²) in [5.74, 6) is 0.773. The van der Waals surface area contributed by atoms with Crippen molar-refractivity contribution in [3.63, 3.8) is 0 Å². The highest BCUT2D eigenvalue weighted by molar-refractivity contribution is 5.97. The number of nitrogens with zero attached hydrogens (tertiary/aromatic N) is 1. The topological polar surface area (TPSA) is 49.8 Å². The van der Waals surface area contributed by atoms with E-state index in [-0.39, 0.29) is 11.7 Å². The lowest BCUT2D eigenvalue weighted by Gasteiger charge is -2.27. The van der Waals surface area contributed by atoms with E-state index < -0.39 is 0 Å². The summed E-state index contributed by atoms with van der Waals surface area (Å²) in [4.78, 5) is 14.2. The molecule has 20 heavy (non-hydrogen) atoms. The highest BCUT2D eigenvalue weighted by atomic mass is 16.5. The van der Waals surface area contributed by atoms with Gasteiger partial charge in [0.2, 0.25) is 5.91 Å². The number of hydrogen-bond acceptors (Lipinski definition) is 3. The molecular formula is C16H21NO3. The molecule has 1 aromatic carbocycles. The summed E-state index contributed by atoms with van der Waals surface area (Å²) in [6, 6.07) is 5.07. The van der Waals surface area contributed by atoms with Crippen molar-refractivity contribution in [2.45, 2.75) is 26.2 Å². The highest BCUT2D eigenvalue weighted by Gasteiger charge is 2.17. The molecule has 0 radical (unpaired) electrons. The molecule has 0 saturated carbocycles. The van der Waals surface area contributed by atoms with Crippen LogP contribution >= 0.6 is 0 Å². The molecular weight excluding hydrogens is 254 g/mol. The number of aromatic hydroxyl groups is 1. The van der Waals surface area contributed by atoms with Crippen LogP contribution in [0.3, 0.4) is 0 Å². The van der Waals surface area contributed by atoms with Crippen LogP contribution in [0.1, 0.15) is 31.7 Å². The fourth-order valence-electron chi connectivity index (χ4n) is 2.41. The van der Waals surface area contributed by atoms with E-state index in [4.69, 9.17) is 4.74 Å². The van der Waals surface area contributed by atoms with Gasteiger partial charge in [0, 0.05) is 30.3 Å². The Bertz CT molecular complexity index is 516. The second-order valence-electron chi connectivity index (χ2n) is 5.10. The van der Waals surface area contributed by atoms with Gasteiger partial charge in [0.1, 0.15) is 11.5 Å². The van der Waals surface area contributed by atoms with Crippen LogP contribution in [0.4, 0.5) is 0 Å². The first kappa shape index (κ1) is 14.4. The monoisotopic (exact) mass is 275 g/mol. The van der Waals surface area contributed by atoms with Crippen molar-refractivity contribution in [2.24, 2.45) is 0 Å². The zero-order valence-corrected chi connectivity index (χ0v) is 12.1. The van der Waals surface area contributed by atoms with Crippen molar-refractivity contribution >= 4 is 12.0 Å². The standard InChI is InChI=1S/C16H21NO3/c1-12(16(19)17-8-4-3-5-9-17)10-13-6-7-14(20-2)11-15(13)18/h6-7,10-11,18H,3-5,8-9H2,1-2H3/b12-10+. The number of carbonyl (C=O) groups excluding carboxylic acids is 1. The van der Waals surface area contributed by atoms with Crippen LogP contribution in [-0.4, -0.2) is 36.1 Å². The minimum atomic E-state index is 0.0555. The summed E-state index contributed by atoms with van der Waals surface area (Å²) in [6.45, 7) is 3.46. The predicted molar refractivity (Wildman–Crippen MR) is 78.7 cm³/mol. The Labute approximate surface area is 119 Å². The number of benzene rings is 1. The van der Waals surface area contributed by atoms with E-state index in [2.05, 4.69) is 0 Å². The number of likely N-dealkylation sites (tertiary alicyclic amines) is 1. The lowest BCUT2D eigenvalue weighted by Crippen LogP contribution is -2.36. The lowest BCUT2D eigenvalue weighted by molar-refractivity contribution is -0.127. The van der Waals surface area contributed by atoms with E-state index in [1.807, 2.05) is 4.90 Å². The molecule has 1 fully saturated rings. The summed E-state index contributed by atoms with van der Waals surface area (Å²) in [5.41, 5.74) is 1.28. The molecule has 0 unspecified atom stereocenters. The Kier molecular flexibility index (Phi) is 4.66. The number of hydrogen-bond donors (Lipinski definition) is 1. The van der Waals surface area contributed by atoms with Gasteiger partial charge in [0.05, 0.1) is 7.11 Å². The van der Waals surface area contributed by atoms with Crippen LogP contribution < -0.4 is 4.74 Å². The van der Waals surface area contributed by atoms with E-state index in [0.29, 0.717) is 16.9 Å². The number of phenolic OH excluding ortho intramolecular Hbond substituents is 1. The van der Waals surface area contributed by atoms with Gasteiger partial charge >= 0.3 is 0 Å². The molecule has 1 saturated heterocycles. The molecule has 0 spiro atoms. The quantitative estimate of drug-likeness (QED) is 0.863. The maximum absolute atomic E-state index is 12.3. The van der Waals surface area contributed by atoms with E-state index in [1.165, 1.54) is 6.42 Å². The van der Waals surface area contributed by atoms with Crippen LogP contribution in [-0.2, 0) is 4.79 Å². The van der Waals surface area contributed by atoms with Crippen LogP contribution in [0.2, 0.25) is 0 Å². The third-order valence-corrected chi connectivity index (χ3v) is 3.59. The molecule has 1 N–H and O–H groups in total. The van der Waals surface area contributed by atoms with E-state index in [9.17, 15) is 9.90 Å². The first-order valence-electron chi connectivity index (χ1n) is 6.96. The number of methoxy groups -OCH3 is 1. The second kappa shape index (κ2) is 6.46. The number of phenols is 1. The van der Waals surface area contributed by atoms with Gasteiger partial charge in [-0.15, -0.1) is 0 Å². The minimum absolute atomic E-state index is 0.0555. The molecule has 0 aliphatic carbocycles. The Morgan fingerprint density at radius 2 is 2.00 bits per heavy atom. The molecule has 0 aromatic heterocycles. The molecule has 1 aromatic rings. The Morgan fingerprint density at radius 1 is 1.30 bits per heavy atom. The molecule has 1 heterocycles. The van der Waals surface area contributed by atoms with Crippen molar-refractivity contribution < 1.29 is 14.6 Å². The van der Waals surface area contributed by atoms with Crippen molar-refractivity contribution in [1.82, 2.24) is 4.90 Å². The smallest absolute Gasteiger partial charge is 0.249 e. The molecule has 2 rings (SSSR count). The fraction of sp³-hybridized carbons (Fsp3) is 0.438. The molecule has 0 bridgehead atoms. The maximum Gasteiger partial charge on any atom is 0.249 e. The normalized spacial score (nSPS) is 16.1. The zero-order valence-electron chi connectivity index (χ0n) is 12.1. The number of carbonyl (C=O) groups is 1. The van der Waals surface area contributed by atoms with Crippen molar-refractivity contribution in [3.8, 4) is 11.5 Å². The molecule has 1 amide bonds. The number of ether oxygens (including phenoxy) is 1. The van der Waals surface area contributed by atoms with E-state index in [0.717, 1.165) is 25.9 Å². The van der Waals surface area contributed by atoms with Crippen molar-refractivity contribution in [2.75, 3.05) is 20.2 Å². The summed E-state index contributed by atoms with van der Waals surface area (Å²) in [7, 11) is 1.55. The van der Waals surface area contributed by atoms with Crippen molar-refractivity contribution in [1.29, 1.82) is 0 Å². The summed E-state index contributed by atoms with van der Waals surface area (Å²) >= 11 is 0. The Hall–Kier alpha value is -1.97. The molecule has 108 valence electrons. The molecule has 0 atom stereocenters. The average molecular weight is 275 g/mol. The maximum atomic E-state index is 12.3. The zero-order chi connectivity index (χ0) is 14.5. The van der Waals surface area contributed by atoms with Crippen molar-refractivity contribution in [3.05, 3.63) is 29.3 Å². The highest BCUT2D eigenvalue weighted by Crippen LogP contribution is 2.25. The van der Waals surface area contributed by atoms with Gasteiger partial charge in [-0.1, -0.05) is 0 Å². The summed E-state index contributed by atoms with van der Waals surface area (Å²) in [5, 5.41) is 9.91. The predicted octanol–water partition coefficient (Wildman–Crippen LogP) is 2.82. The molecule has 1 aliphatic heterocycles. The van der Waals surface area contributed by atoms with Crippen LogP contribution in [0.15, 0.2) is 23.8 Å². The first-order chi connectivity index (χ1) is 9.61. The SMILES string of the molecule is COc1ccc(/C=C(\C)C(=O)N2CCCCC2)c(O)c1. The molecule has 4 nitrogen and oxygen atoms in total. The lowest BCUT2D eigenvalue weighted by atomic mass is 10.1. The van der Waals surface area contributed by atoms with Gasteiger partial charge < -0.3 is 14.7 Å². The largest absolute Gasteiger partial charge is 0.507 e. The third kappa shape index (κ3) is 3.32. The fourth-order valence-corrected chi connectivity index (χ4v) is 2.41. The van der Waals surface area contributed by atoms with Gasteiger partial charge in [0.15, 0.2) is 0 Å². The molecule has 4 heteroatoms. The average Bonchev–Trinajstić information content (AvgIpc) is 2.49. The van der Waals surface area contributed by atoms with Gasteiger partial charge in [0.25, 0.3) is 0 Å². The first-order valence-corrected chi connectivity index (χ1v) is 6.96. The number of piperidine rings is 1. The van der Waals surface area contributed by atoms with Gasteiger partial charge in [-0.2, -0.15) is 0 Å². The summed E-state index contributed by atoms with van der Waals surface area (Å²) < 4.78 is 5.04. The third-order valence-electron chi connectivity index (χ3n) is 3.59. The number of amides is 1. The van der Waals surface area contributed by atoms with Gasteiger partial charge in [-0.3, -0.25) is 4.79 Å². The Balaban J connectivity index is 2.14. The van der Waals surface area contributed by atoms with E-state index in [1.54, 1.807) is 38.3 Å². The van der Waals surface area contributed by atoms with Crippen LogP contribution in [0, 0.1) is 0 Å².